The van der Waals surface area contributed by atoms with Gasteiger partial charge in [-0.2, -0.15) is 12.2 Å². The monoisotopic (exact) mass is 432 g/mol. The topological polar surface area (TPSA) is 83.6 Å². The predicted molar refractivity (Wildman–Crippen MR) is 101 cm³/mol. The molecule has 0 saturated carbocycles. The number of hydrogen-bond acceptors (Lipinski definition) is 4. The van der Waals surface area contributed by atoms with Crippen LogP contribution in [0.2, 0.25) is 0 Å². The van der Waals surface area contributed by atoms with E-state index < -0.39 is 20.0 Å². The van der Waals surface area contributed by atoms with Gasteiger partial charge in [0.05, 0.1) is 15.5 Å². The first kappa shape index (κ1) is 22.7. The molecule has 1 N–H and O–H groups in total. The number of sulfonamides is 2. The van der Waals surface area contributed by atoms with Crippen LogP contribution >= 0.6 is 23.6 Å². The fourth-order valence-electron chi connectivity index (χ4n) is 1.92. The van der Waals surface area contributed by atoms with E-state index in [0.29, 0.717) is 9.39 Å². The molecule has 0 fully saturated rings. The Kier molecular flexibility index (Phi) is 7.80. The van der Waals surface area contributed by atoms with E-state index in [4.69, 9.17) is 23.6 Å². The van der Waals surface area contributed by atoms with Crippen molar-refractivity contribution in [1.29, 1.82) is 0 Å². The summed E-state index contributed by atoms with van der Waals surface area (Å²) in [6, 6.07) is 10.0. The van der Waals surface area contributed by atoms with Crippen LogP contribution in [0.1, 0.15) is 11.1 Å². The van der Waals surface area contributed by atoms with Crippen molar-refractivity contribution < 1.29 is 16.8 Å². The van der Waals surface area contributed by atoms with E-state index >= 15 is 0 Å². The molecule has 2 aromatic carbocycles. The Labute approximate surface area is 179 Å². The number of anilines is 1. The molecule has 0 bridgehead atoms. The summed E-state index contributed by atoms with van der Waals surface area (Å²) in [5.41, 5.74) is 1.40. The molecule has 2 rings (SSSR count). The van der Waals surface area contributed by atoms with E-state index in [1.165, 1.54) is 24.3 Å². The standard InChI is InChI=1S/C14H14Cl2N2O4S2.Na.H/c1-10-3-6-12(7-4-10)24(21,22)18(16)14-9-13(8-5-11(14)2)23(19,20)17-15;;/h3-9,17H,1-2H3;;. The van der Waals surface area contributed by atoms with E-state index in [0.717, 1.165) is 11.6 Å². The summed E-state index contributed by atoms with van der Waals surface area (Å²) in [6.07, 6.45) is 0. The van der Waals surface area contributed by atoms with Gasteiger partial charge in [-0.3, -0.25) is 0 Å². The van der Waals surface area contributed by atoms with Gasteiger partial charge in [-0.1, -0.05) is 23.8 Å². The second kappa shape index (κ2) is 8.58. The van der Waals surface area contributed by atoms with E-state index in [1.807, 2.05) is 6.92 Å². The van der Waals surface area contributed by atoms with Crippen molar-refractivity contribution in [1.82, 2.24) is 4.24 Å². The van der Waals surface area contributed by atoms with Crippen LogP contribution in [0.4, 0.5) is 5.69 Å². The maximum absolute atomic E-state index is 12.6. The molecule has 0 atom stereocenters. The summed E-state index contributed by atoms with van der Waals surface area (Å²) in [6.45, 7) is 3.44. The average molecular weight is 433 g/mol. The van der Waals surface area contributed by atoms with Crippen molar-refractivity contribution in [2.45, 2.75) is 23.6 Å². The number of aryl methyl sites for hydroxylation is 2. The van der Waals surface area contributed by atoms with Crippen LogP contribution in [-0.4, -0.2) is 46.4 Å². The van der Waals surface area contributed by atoms with Gasteiger partial charge in [-0.05, 0) is 55.5 Å². The molecule has 0 spiro atoms. The van der Waals surface area contributed by atoms with Crippen LogP contribution in [0, 0.1) is 13.8 Å². The summed E-state index contributed by atoms with van der Waals surface area (Å²) in [4.78, 5) is -0.214. The minimum absolute atomic E-state index is 0. The average Bonchev–Trinajstić information content (AvgIpc) is 2.54. The van der Waals surface area contributed by atoms with Gasteiger partial charge in [-0.25, -0.2) is 8.42 Å². The van der Waals surface area contributed by atoms with Crippen LogP contribution in [0.15, 0.2) is 52.3 Å². The molecule has 2 aromatic rings. The van der Waals surface area contributed by atoms with Gasteiger partial charge in [0.25, 0.3) is 20.0 Å². The van der Waals surface area contributed by atoms with Gasteiger partial charge >= 0.3 is 29.6 Å². The number of halogens is 2. The zero-order chi connectivity index (χ0) is 18.1. The van der Waals surface area contributed by atoms with Gasteiger partial charge in [0, 0.05) is 11.8 Å². The van der Waals surface area contributed by atoms with E-state index in [-0.39, 0.29) is 45.0 Å². The Morgan fingerprint density at radius 3 is 1.96 bits per heavy atom. The van der Waals surface area contributed by atoms with Crippen LogP contribution in [0.25, 0.3) is 0 Å². The number of rotatable bonds is 5. The zero-order valence-corrected chi connectivity index (χ0v) is 15.8. The Hall–Kier alpha value is -0.320. The molecule has 0 amide bonds. The second-order valence-corrected chi connectivity index (χ2v) is 9.48. The third-order valence-corrected chi connectivity index (χ3v) is 7.21. The number of hydrogen-bond donors (Lipinski definition) is 1. The Morgan fingerprint density at radius 1 is 0.920 bits per heavy atom. The Morgan fingerprint density at radius 2 is 1.44 bits per heavy atom. The summed E-state index contributed by atoms with van der Waals surface area (Å²) in [5.74, 6) is 0. The van der Waals surface area contributed by atoms with Gasteiger partial charge < -0.3 is 0 Å². The van der Waals surface area contributed by atoms with Crippen molar-refractivity contribution in [2.24, 2.45) is 0 Å². The van der Waals surface area contributed by atoms with Crippen LogP contribution in [0.3, 0.4) is 0 Å². The molecule has 0 aliphatic rings. The van der Waals surface area contributed by atoms with Crippen molar-refractivity contribution in [2.75, 3.05) is 3.82 Å². The van der Waals surface area contributed by atoms with Crippen LogP contribution in [-0.2, 0) is 20.0 Å². The van der Waals surface area contributed by atoms with Crippen LogP contribution < -0.4 is 8.07 Å². The first-order valence-electron chi connectivity index (χ1n) is 6.60. The van der Waals surface area contributed by atoms with Gasteiger partial charge in [0.15, 0.2) is 0 Å². The Balaban J connectivity index is 0.00000312. The molecule has 25 heavy (non-hydrogen) atoms. The van der Waals surface area contributed by atoms with Crippen molar-refractivity contribution in [3.05, 3.63) is 53.6 Å². The molecular formula is C14H15Cl2N2NaO4S2. The molecule has 0 aromatic heterocycles. The van der Waals surface area contributed by atoms with Gasteiger partial charge in [0.1, 0.15) is 0 Å². The third-order valence-electron chi connectivity index (χ3n) is 3.31. The summed E-state index contributed by atoms with van der Waals surface area (Å²) < 4.78 is 51.0. The zero-order valence-electron chi connectivity index (χ0n) is 12.7. The quantitative estimate of drug-likeness (QED) is 0.580. The first-order chi connectivity index (χ1) is 11.1. The second-order valence-electron chi connectivity index (χ2n) is 5.06. The molecule has 0 aliphatic heterocycles. The minimum atomic E-state index is -4.05. The molecule has 0 aliphatic carbocycles. The molecule has 0 radical (unpaired) electrons. The summed E-state index contributed by atoms with van der Waals surface area (Å²) in [7, 11) is -8.00. The van der Waals surface area contributed by atoms with Crippen LogP contribution in [0.5, 0.6) is 0 Å². The van der Waals surface area contributed by atoms with Gasteiger partial charge in [0.2, 0.25) is 0 Å². The fraction of sp³-hybridized carbons (Fsp3) is 0.143. The molecular weight excluding hydrogens is 418 g/mol. The summed E-state index contributed by atoms with van der Waals surface area (Å²) in [5, 5.41) is 0. The molecule has 0 unspecified atom stereocenters. The summed E-state index contributed by atoms with van der Waals surface area (Å²) >= 11 is 11.2. The molecule has 0 saturated heterocycles. The maximum atomic E-state index is 12.6. The van der Waals surface area contributed by atoms with E-state index in [9.17, 15) is 16.8 Å². The predicted octanol–water partition coefficient (Wildman–Crippen LogP) is 2.44. The molecule has 132 valence electrons. The number of benzene rings is 2. The first-order valence-corrected chi connectivity index (χ1v) is 10.2. The van der Waals surface area contributed by atoms with Crippen molar-refractivity contribution in [3.8, 4) is 0 Å². The molecule has 11 heteroatoms. The normalized spacial score (nSPS) is 11.7. The van der Waals surface area contributed by atoms with E-state index in [2.05, 4.69) is 0 Å². The fourth-order valence-corrected chi connectivity index (χ4v) is 4.33. The van der Waals surface area contributed by atoms with Crippen molar-refractivity contribution >= 4 is 78.8 Å². The van der Waals surface area contributed by atoms with Gasteiger partial charge in [-0.15, -0.1) is 4.24 Å². The Bertz CT molecular complexity index is 965. The van der Waals surface area contributed by atoms with E-state index in [1.54, 1.807) is 23.3 Å². The SMILES string of the molecule is Cc1ccc(S(=O)(=O)N(Cl)c2cc(S(=O)(=O)NCl)ccc2C)cc1.[NaH]. The third kappa shape index (κ3) is 4.90. The molecule has 6 nitrogen and oxygen atoms in total. The molecule has 0 heterocycles. The van der Waals surface area contributed by atoms with Crippen molar-refractivity contribution in [3.63, 3.8) is 0 Å². The number of nitrogens with zero attached hydrogens (tertiary/aromatic N) is 1. The number of nitrogens with one attached hydrogen (secondary N) is 1.